The van der Waals surface area contributed by atoms with Crippen LogP contribution in [0.5, 0.6) is 0 Å². The van der Waals surface area contributed by atoms with Crippen molar-refractivity contribution >= 4 is 0 Å². The molecule has 0 aliphatic heterocycles. The van der Waals surface area contributed by atoms with Gasteiger partial charge in [0.2, 0.25) is 0 Å². The van der Waals surface area contributed by atoms with Crippen LogP contribution in [0.25, 0.3) is 0 Å². The van der Waals surface area contributed by atoms with E-state index in [1.165, 1.54) is 154 Å². The molecule has 0 heterocycles. The Morgan fingerprint density at radius 1 is 0.419 bits per heavy atom. The highest BCUT2D eigenvalue weighted by Gasteiger charge is 1.95. The van der Waals surface area contributed by atoms with Gasteiger partial charge in [-0.15, -0.1) is 0 Å². The molecule has 0 unspecified atom stereocenters. The number of unbranched alkanes of at least 4 members (excludes halogenated alkanes) is 24. The third kappa shape index (κ3) is 29.2. The topological polar surface area (TPSA) is 23.8 Å². The smallest absolute Gasteiger partial charge is 0.0621 e. The summed E-state index contributed by atoms with van der Waals surface area (Å²) in [7, 11) is 0. The maximum absolute atomic E-state index is 8.50. The summed E-state index contributed by atoms with van der Waals surface area (Å²) in [5, 5.41) is 8.50. The fourth-order valence-electron chi connectivity index (χ4n) is 4.40. The standard InChI is InChI=1S/C30H57N/c1-2-3-4-5-6-7-8-9-10-11-12-13-14-15-16-17-18-19-20-21-22-23-24-25-26-27-28-29-30-31/h20-21H,2-19,22-29H2,1H3. The van der Waals surface area contributed by atoms with E-state index in [0.717, 1.165) is 12.8 Å². The van der Waals surface area contributed by atoms with E-state index in [1.807, 2.05) is 0 Å². The number of hydrogen-bond donors (Lipinski definition) is 0. The van der Waals surface area contributed by atoms with Crippen LogP contribution in [0.2, 0.25) is 0 Å². The minimum Gasteiger partial charge on any atom is -0.198 e. The van der Waals surface area contributed by atoms with Gasteiger partial charge in [0.1, 0.15) is 0 Å². The van der Waals surface area contributed by atoms with Gasteiger partial charge < -0.3 is 0 Å². The lowest BCUT2D eigenvalue weighted by Gasteiger charge is -2.03. The summed E-state index contributed by atoms with van der Waals surface area (Å²) < 4.78 is 0. The van der Waals surface area contributed by atoms with Gasteiger partial charge in [-0.05, 0) is 32.1 Å². The zero-order valence-electron chi connectivity index (χ0n) is 21.5. The van der Waals surface area contributed by atoms with Gasteiger partial charge in [0.15, 0.2) is 0 Å². The zero-order chi connectivity index (χ0) is 22.5. The molecule has 0 saturated carbocycles. The van der Waals surface area contributed by atoms with Crippen molar-refractivity contribution in [2.45, 2.75) is 174 Å². The molecule has 0 fully saturated rings. The van der Waals surface area contributed by atoms with Crippen LogP contribution in [0, 0.1) is 11.3 Å². The molecule has 0 aromatic heterocycles. The van der Waals surface area contributed by atoms with Gasteiger partial charge in [0.25, 0.3) is 0 Å². The summed E-state index contributed by atoms with van der Waals surface area (Å²) in [4.78, 5) is 0. The van der Waals surface area contributed by atoms with Gasteiger partial charge in [-0.1, -0.05) is 147 Å². The van der Waals surface area contributed by atoms with Crippen molar-refractivity contribution in [2.24, 2.45) is 0 Å². The molecule has 1 nitrogen and oxygen atoms in total. The SMILES string of the molecule is CCCCCCCCCCCCCCCCCCCC=CCCCCCCCCC#N. The highest BCUT2D eigenvalue weighted by atomic mass is 14.2. The molecule has 0 aromatic carbocycles. The first-order chi connectivity index (χ1) is 15.4. The summed E-state index contributed by atoms with van der Waals surface area (Å²) in [6, 6.07) is 2.23. The van der Waals surface area contributed by atoms with Crippen LogP contribution in [0.4, 0.5) is 0 Å². The van der Waals surface area contributed by atoms with E-state index < -0.39 is 0 Å². The molecule has 0 aliphatic rings. The maximum atomic E-state index is 8.50. The normalized spacial score (nSPS) is 11.4. The van der Waals surface area contributed by atoms with Crippen LogP contribution in [0.1, 0.15) is 174 Å². The van der Waals surface area contributed by atoms with Crippen LogP contribution in [0.15, 0.2) is 12.2 Å². The summed E-state index contributed by atoms with van der Waals surface area (Å²) in [6.07, 6.45) is 40.5. The first kappa shape index (κ1) is 30.2. The summed E-state index contributed by atoms with van der Waals surface area (Å²) >= 11 is 0. The molecule has 0 aliphatic carbocycles. The van der Waals surface area contributed by atoms with Crippen molar-refractivity contribution in [3.05, 3.63) is 12.2 Å². The van der Waals surface area contributed by atoms with Crippen molar-refractivity contribution in [3.63, 3.8) is 0 Å². The third-order valence-electron chi connectivity index (χ3n) is 6.55. The van der Waals surface area contributed by atoms with Crippen LogP contribution >= 0.6 is 0 Å². The van der Waals surface area contributed by atoms with Gasteiger partial charge in [-0.2, -0.15) is 5.26 Å². The maximum Gasteiger partial charge on any atom is 0.0621 e. The van der Waals surface area contributed by atoms with Gasteiger partial charge in [-0.25, -0.2) is 0 Å². The average Bonchev–Trinajstić information content (AvgIpc) is 2.78. The second-order valence-electron chi connectivity index (χ2n) is 9.74. The molecule has 1 heteroatoms. The molecule has 31 heavy (non-hydrogen) atoms. The molecule has 0 radical (unpaired) electrons. The molecule has 0 saturated heterocycles. The highest BCUT2D eigenvalue weighted by Crippen LogP contribution is 2.14. The monoisotopic (exact) mass is 431 g/mol. The zero-order valence-corrected chi connectivity index (χ0v) is 21.5. The first-order valence-electron chi connectivity index (χ1n) is 14.4. The van der Waals surface area contributed by atoms with E-state index in [4.69, 9.17) is 5.26 Å². The Labute approximate surface area is 197 Å². The molecule has 0 aromatic rings. The van der Waals surface area contributed by atoms with E-state index in [2.05, 4.69) is 25.1 Å². The van der Waals surface area contributed by atoms with Crippen LogP contribution in [-0.2, 0) is 0 Å². The van der Waals surface area contributed by atoms with Crippen molar-refractivity contribution in [2.75, 3.05) is 0 Å². The molecule has 0 bridgehead atoms. The largest absolute Gasteiger partial charge is 0.198 e. The Bertz CT molecular complexity index is 378. The van der Waals surface area contributed by atoms with Gasteiger partial charge in [-0.3, -0.25) is 0 Å². The van der Waals surface area contributed by atoms with Crippen LogP contribution < -0.4 is 0 Å². The van der Waals surface area contributed by atoms with E-state index in [0.29, 0.717) is 0 Å². The van der Waals surface area contributed by atoms with Crippen LogP contribution in [-0.4, -0.2) is 0 Å². The Balaban J connectivity index is 3.06. The van der Waals surface area contributed by atoms with Crippen molar-refractivity contribution < 1.29 is 0 Å². The quantitative estimate of drug-likeness (QED) is 0.0986. The highest BCUT2D eigenvalue weighted by molar-refractivity contribution is 4.81. The third-order valence-corrected chi connectivity index (χ3v) is 6.55. The molecule has 0 spiro atoms. The van der Waals surface area contributed by atoms with Gasteiger partial charge in [0.05, 0.1) is 6.07 Å². The lowest BCUT2D eigenvalue weighted by Crippen LogP contribution is -1.83. The average molecular weight is 432 g/mol. The molecule has 182 valence electrons. The molecule has 0 N–H and O–H groups in total. The molecule has 0 rings (SSSR count). The van der Waals surface area contributed by atoms with Crippen molar-refractivity contribution in [3.8, 4) is 6.07 Å². The lowest BCUT2D eigenvalue weighted by atomic mass is 10.0. The number of nitriles is 1. The van der Waals surface area contributed by atoms with E-state index in [1.54, 1.807) is 0 Å². The number of hydrogen-bond acceptors (Lipinski definition) is 1. The van der Waals surface area contributed by atoms with Crippen LogP contribution in [0.3, 0.4) is 0 Å². The lowest BCUT2D eigenvalue weighted by molar-refractivity contribution is 0.527. The fourth-order valence-corrected chi connectivity index (χ4v) is 4.40. The summed E-state index contributed by atoms with van der Waals surface area (Å²) in [6.45, 7) is 2.30. The predicted molar refractivity (Wildman–Crippen MR) is 140 cm³/mol. The van der Waals surface area contributed by atoms with E-state index in [9.17, 15) is 0 Å². The Morgan fingerprint density at radius 2 is 0.710 bits per heavy atom. The number of rotatable bonds is 26. The van der Waals surface area contributed by atoms with Crippen molar-refractivity contribution in [1.29, 1.82) is 5.26 Å². The molecular weight excluding hydrogens is 374 g/mol. The Kier molecular flexibility index (Phi) is 28.5. The van der Waals surface area contributed by atoms with E-state index >= 15 is 0 Å². The summed E-state index contributed by atoms with van der Waals surface area (Å²) in [5.74, 6) is 0. The number of allylic oxidation sites excluding steroid dienone is 2. The van der Waals surface area contributed by atoms with Gasteiger partial charge in [0, 0.05) is 6.42 Å². The Morgan fingerprint density at radius 3 is 1.03 bits per heavy atom. The number of nitrogens with zero attached hydrogens (tertiary/aromatic N) is 1. The fraction of sp³-hybridized carbons (Fsp3) is 0.900. The predicted octanol–water partition coefficient (Wildman–Crippen LogP) is 11.2. The second-order valence-corrected chi connectivity index (χ2v) is 9.74. The summed E-state index contributed by atoms with van der Waals surface area (Å²) in [5.41, 5.74) is 0. The van der Waals surface area contributed by atoms with Gasteiger partial charge >= 0.3 is 0 Å². The Hall–Kier alpha value is -0.770. The molecule has 0 atom stereocenters. The van der Waals surface area contributed by atoms with Crippen molar-refractivity contribution in [1.82, 2.24) is 0 Å². The van der Waals surface area contributed by atoms with E-state index in [-0.39, 0.29) is 0 Å². The minimum atomic E-state index is 0.738. The molecule has 0 amide bonds. The molecular formula is C30H57N. The minimum absolute atomic E-state index is 0.738. The first-order valence-corrected chi connectivity index (χ1v) is 14.4. The second kappa shape index (κ2) is 29.2.